The molecule has 0 bridgehead atoms. The van der Waals surface area contributed by atoms with Crippen LogP contribution in [0, 0.1) is 18.8 Å². The van der Waals surface area contributed by atoms with Gasteiger partial charge < -0.3 is 9.47 Å². The molecular formula is C22H36N6. The maximum Gasteiger partial charge on any atom is 0.109 e. The van der Waals surface area contributed by atoms with Crippen LogP contribution >= 0.6 is 0 Å². The number of hydrogen-bond donors (Lipinski definition) is 0. The Morgan fingerprint density at radius 3 is 2.14 bits per heavy atom. The van der Waals surface area contributed by atoms with Crippen molar-refractivity contribution in [3.8, 4) is 0 Å². The Morgan fingerprint density at radius 2 is 1.61 bits per heavy atom. The highest BCUT2D eigenvalue weighted by Crippen LogP contribution is 2.33. The largest absolute Gasteiger partial charge is 0.338 e. The van der Waals surface area contributed by atoms with Gasteiger partial charge in [-0.1, -0.05) is 0 Å². The number of aryl methyl sites for hydroxylation is 2. The molecule has 0 atom stereocenters. The molecule has 2 saturated heterocycles. The standard InChI is InChI=1S/C22H36N6/c1-18-21(16-24-26(18)3)17-28-12-6-20(7-13-28)19-4-10-27(11-5-19)14-8-22-23-9-15-25(22)2/h9,15-16,19-20H,4-8,10-14,17H2,1-3H3. The average molecular weight is 385 g/mol. The van der Waals surface area contributed by atoms with Gasteiger partial charge in [0.25, 0.3) is 0 Å². The Bertz CT molecular complexity index is 747. The van der Waals surface area contributed by atoms with Gasteiger partial charge in [0.1, 0.15) is 5.82 Å². The molecule has 4 rings (SSSR count). The van der Waals surface area contributed by atoms with E-state index in [0.29, 0.717) is 0 Å². The second-order valence-electron chi connectivity index (χ2n) is 8.88. The van der Waals surface area contributed by atoms with E-state index in [-0.39, 0.29) is 0 Å². The first-order valence-corrected chi connectivity index (χ1v) is 11.0. The highest BCUT2D eigenvalue weighted by Gasteiger charge is 2.29. The van der Waals surface area contributed by atoms with Crippen LogP contribution in [0.4, 0.5) is 0 Å². The maximum absolute atomic E-state index is 4.46. The lowest BCUT2D eigenvalue weighted by Gasteiger charge is -2.40. The van der Waals surface area contributed by atoms with E-state index in [9.17, 15) is 0 Å². The number of nitrogens with zero attached hydrogens (tertiary/aromatic N) is 6. The Labute approximate surface area is 169 Å². The minimum Gasteiger partial charge on any atom is -0.338 e. The van der Waals surface area contributed by atoms with E-state index >= 15 is 0 Å². The minimum atomic E-state index is 0.933. The van der Waals surface area contributed by atoms with Crippen LogP contribution in [0.15, 0.2) is 18.6 Å². The Kier molecular flexibility index (Phi) is 6.16. The van der Waals surface area contributed by atoms with Crippen LogP contribution in [0.25, 0.3) is 0 Å². The van der Waals surface area contributed by atoms with Gasteiger partial charge in [0, 0.05) is 57.3 Å². The summed E-state index contributed by atoms with van der Waals surface area (Å²) in [6, 6.07) is 0. The second kappa shape index (κ2) is 8.78. The molecule has 0 N–H and O–H groups in total. The molecule has 28 heavy (non-hydrogen) atoms. The molecule has 0 aliphatic carbocycles. The molecule has 4 heterocycles. The zero-order chi connectivity index (χ0) is 19.5. The first-order chi connectivity index (χ1) is 13.6. The third-order valence-corrected chi connectivity index (χ3v) is 7.23. The third kappa shape index (κ3) is 4.49. The van der Waals surface area contributed by atoms with Gasteiger partial charge in [-0.3, -0.25) is 9.58 Å². The topological polar surface area (TPSA) is 42.1 Å². The smallest absolute Gasteiger partial charge is 0.109 e. The lowest BCUT2D eigenvalue weighted by molar-refractivity contribution is 0.0937. The predicted molar refractivity (Wildman–Crippen MR) is 112 cm³/mol. The number of likely N-dealkylation sites (tertiary alicyclic amines) is 2. The van der Waals surface area contributed by atoms with Gasteiger partial charge in [0.05, 0.1) is 6.20 Å². The Hall–Kier alpha value is -1.66. The minimum absolute atomic E-state index is 0.933. The summed E-state index contributed by atoms with van der Waals surface area (Å²) in [6.07, 6.45) is 12.6. The van der Waals surface area contributed by atoms with Crippen LogP contribution in [0.5, 0.6) is 0 Å². The quantitative estimate of drug-likeness (QED) is 0.768. The van der Waals surface area contributed by atoms with Crippen molar-refractivity contribution in [2.45, 2.75) is 45.6 Å². The highest BCUT2D eigenvalue weighted by atomic mass is 15.3. The van der Waals surface area contributed by atoms with Gasteiger partial charge in [-0.25, -0.2) is 4.98 Å². The molecule has 0 spiro atoms. The summed E-state index contributed by atoms with van der Waals surface area (Å²) in [4.78, 5) is 9.73. The molecule has 6 nitrogen and oxygen atoms in total. The molecule has 2 aromatic heterocycles. The average Bonchev–Trinajstić information content (AvgIpc) is 3.27. The Balaban J connectivity index is 1.18. The van der Waals surface area contributed by atoms with E-state index in [4.69, 9.17) is 0 Å². The van der Waals surface area contributed by atoms with Crippen LogP contribution in [-0.2, 0) is 27.1 Å². The van der Waals surface area contributed by atoms with Crippen LogP contribution in [0.1, 0.15) is 42.8 Å². The lowest BCUT2D eigenvalue weighted by Crippen LogP contribution is -2.41. The summed E-state index contributed by atoms with van der Waals surface area (Å²) in [5, 5.41) is 4.39. The maximum atomic E-state index is 4.46. The van der Waals surface area contributed by atoms with Crippen molar-refractivity contribution < 1.29 is 0 Å². The van der Waals surface area contributed by atoms with E-state index in [1.165, 1.54) is 68.9 Å². The fourth-order valence-corrected chi connectivity index (χ4v) is 5.07. The van der Waals surface area contributed by atoms with Gasteiger partial charge in [-0.15, -0.1) is 0 Å². The summed E-state index contributed by atoms with van der Waals surface area (Å²) in [5.41, 5.74) is 2.70. The third-order valence-electron chi connectivity index (χ3n) is 7.23. The normalized spacial score (nSPS) is 20.8. The van der Waals surface area contributed by atoms with Gasteiger partial charge >= 0.3 is 0 Å². The highest BCUT2D eigenvalue weighted by molar-refractivity contribution is 5.15. The molecule has 0 amide bonds. The molecule has 0 unspecified atom stereocenters. The predicted octanol–water partition coefficient (Wildman–Crippen LogP) is 2.63. The zero-order valence-corrected chi connectivity index (χ0v) is 17.8. The molecule has 0 aromatic carbocycles. The number of piperidine rings is 2. The summed E-state index contributed by atoms with van der Waals surface area (Å²) in [7, 11) is 4.13. The molecular weight excluding hydrogens is 348 g/mol. The molecule has 2 aromatic rings. The number of rotatable bonds is 6. The lowest BCUT2D eigenvalue weighted by atomic mass is 9.78. The SMILES string of the molecule is Cc1c(CN2CCC(C3CCN(CCc4nccn4C)CC3)CC2)cnn1C. The van der Waals surface area contributed by atoms with Crippen molar-refractivity contribution in [3.05, 3.63) is 35.7 Å². The Morgan fingerprint density at radius 1 is 0.964 bits per heavy atom. The van der Waals surface area contributed by atoms with Crippen LogP contribution in [0.3, 0.4) is 0 Å². The fourth-order valence-electron chi connectivity index (χ4n) is 5.07. The summed E-state index contributed by atoms with van der Waals surface area (Å²) in [6.45, 7) is 9.43. The van der Waals surface area contributed by atoms with E-state index < -0.39 is 0 Å². The van der Waals surface area contributed by atoms with Crippen molar-refractivity contribution in [2.24, 2.45) is 25.9 Å². The van der Waals surface area contributed by atoms with Crippen LogP contribution < -0.4 is 0 Å². The van der Waals surface area contributed by atoms with Crippen LogP contribution in [-0.4, -0.2) is 61.9 Å². The molecule has 2 aliphatic rings. The molecule has 154 valence electrons. The number of hydrogen-bond acceptors (Lipinski definition) is 4. The van der Waals surface area contributed by atoms with Gasteiger partial charge in [-0.05, 0) is 70.6 Å². The monoisotopic (exact) mass is 384 g/mol. The second-order valence-corrected chi connectivity index (χ2v) is 8.88. The first kappa shape index (κ1) is 19.6. The van der Waals surface area contributed by atoms with Gasteiger partial charge in [0.15, 0.2) is 0 Å². The van der Waals surface area contributed by atoms with E-state index in [1.54, 1.807) is 0 Å². The number of imidazole rings is 1. The zero-order valence-electron chi connectivity index (χ0n) is 17.8. The molecule has 6 heteroatoms. The summed E-state index contributed by atoms with van der Waals surface area (Å²) >= 11 is 0. The molecule has 0 saturated carbocycles. The molecule has 2 fully saturated rings. The first-order valence-electron chi connectivity index (χ1n) is 11.0. The fraction of sp³-hybridized carbons (Fsp3) is 0.727. The van der Waals surface area contributed by atoms with Crippen molar-refractivity contribution in [1.29, 1.82) is 0 Å². The summed E-state index contributed by atoms with van der Waals surface area (Å²) < 4.78 is 4.14. The van der Waals surface area contributed by atoms with Crippen molar-refractivity contribution in [3.63, 3.8) is 0 Å². The number of aromatic nitrogens is 4. The summed E-state index contributed by atoms with van der Waals surface area (Å²) in [5.74, 6) is 3.08. The van der Waals surface area contributed by atoms with Crippen molar-refractivity contribution in [2.75, 3.05) is 32.7 Å². The van der Waals surface area contributed by atoms with Gasteiger partial charge in [-0.2, -0.15) is 5.10 Å². The van der Waals surface area contributed by atoms with E-state index in [1.807, 2.05) is 30.3 Å². The van der Waals surface area contributed by atoms with E-state index in [2.05, 4.69) is 38.4 Å². The molecule has 2 aliphatic heterocycles. The molecule has 0 radical (unpaired) electrons. The van der Waals surface area contributed by atoms with Crippen molar-refractivity contribution in [1.82, 2.24) is 29.1 Å². The van der Waals surface area contributed by atoms with Crippen molar-refractivity contribution >= 4 is 0 Å². The van der Waals surface area contributed by atoms with Gasteiger partial charge in [0.2, 0.25) is 0 Å². The van der Waals surface area contributed by atoms with E-state index in [0.717, 1.165) is 31.3 Å². The van der Waals surface area contributed by atoms with Crippen LogP contribution in [0.2, 0.25) is 0 Å².